The number of rotatable bonds is 9. The lowest BCUT2D eigenvalue weighted by Gasteiger charge is -2.27. The predicted octanol–water partition coefficient (Wildman–Crippen LogP) is 3.93. The summed E-state index contributed by atoms with van der Waals surface area (Å²) in [7, 11) is 6.16. The van der Waals surface area contributed by atoms with Crippen LogP contribution in [-0.4, -0.2) is 57.2 Å². The lowest BCUT2D eigenvalue weighted by atomic mass is 10.00. The number of hydrogen-bond donors (Lipinski definition) is 0. The summed E-state index contributed by atoms with van der Waals surface area (Å²) in [5.41, 5.74) is 3.05. The highest BCUT2D eigenvalue weighted by Gasteiger charge is 2.09. The van der Waals surface area contributed by atoms with Crippen LogP contribution in [0, 0.1) is 0 Å². The summed E-state index contributed by atoms with van der Waals surface area (Å²) in [6.45, 7) is 10.4. The van der Waals surface area contributed by atoms with Crippen LogP contribution in [0.4, 0.5) is 0 Å². The van der Waals surface area contributed by atoms with Crippen molar-refractivity contribution < 1.29 is 4.74 Å². The number of ether oxygens (including phenoxy) is 1. The Labute approximate surface area is 132 Å². The van der Waals surface area contributed by atoms with Crippen LogP contribution in [-0.2, 0) is 4.74 Å². The number of hydrogen-bond acceptors (Lipinski definition) is 3. The van der Waals surface area contributed by atoms with E-state index < -0.39 is 0 Å². The zero-order valence-corrected chi connectivity index (χ0v) is 15.1. The molecule has 124 valence electrons. The third-order valence-corrected chi connectivity index (χ3v) is 3.86. The lowest BCUT2D eigenvalue weighted by molar-refractivity contribution is 0.176. The Hall–Kier alpha value is -0.800. The zero-order valence-electron chi connectivity index (χ0n) is 15.1. The van der Waals surface area contributed by atoms with E-state index in [0.29, 0.717) is 0 Å². The van der Waals surface area contributed by atoms with Gasteiger partial charge in [-0.05, 0) is 38.8 Å². The Morgan fingerprint density at radius 3 is 2.29 bits per heavy atom. The highest BCUT2D eigenvalue weighted by molar-refractivity contribution is 5.22. The van der Waals surface area contributed by atoms with Crippen molar-refractivity contribution in [2.24, 2.45) is 0 Å². The van der Waals surface area contributed by atoms with E-state index >= 15 is 0 Å². The molecule has 0 aromatic rings. The van der Waals surface area contributed by atoms with E-state index in [9.17, 15) is 0 Å². The highest BCUT2D eigenvalue weighted by Crippen LogP contribution is 2.21. The molecule has 0 aromatic carbocycles. The largest absolute Gasteiger partial charge is 0.385 e. The molecule has 0 bridgehead atoms. The second-order valence-electron chi connectivity index (χ2n) is 5.41. The fourth-order valence-corrected chi connectivity index (χ4v) is 2.34. The number of methoxy groups -OCH3 is 1. The van der Waals surface area contributed by atoms with Crippen molar-refractivity contribution in [1.29, 1.82) is 0 Å². The Kier molecular flexibility index (Phi) is 12.4. The lowest BCUT2D eigenvalue weighted by Crippen LogP contribution is -2.31. The molecule has 0 atom stereocenters. The Morgan fingerprint density at radius 2 is 1.76 bits per heavy atom. The maximum absolute atomic E-state index is 5.08. The topological polar surface area (TPSA) is 15.7 Å². The molecular formula is C18H36N2O. The molecule has 0 fully saturated rings. The van der Waals surface area contributed by atoms with E-state index in [1.165, 1.54) is 25.0 Å². The molecule has 0 radical (unpaired) electrons. The fraction of sp³-hybridized carbons (Fsp3) is 0.778. The average Bonchev–Trinajstić information content (AvgIpc) is 2.55. The molecule has 21 heavy (non-hydrogen) atoms. The maximum atomic E-state index is 5.08. The summed E-state index contributed by atoms with van der Waals surface area (Å²) in [6.07, 6.45) is 9.34. The van der Waals surface area contributed by atoms with Gasteiger partial charge in [0.15, 0.2) is 0 Å². The predicted molar refractivity (Wildman–Crippen MR) is 93.7 cm³/mol. The first kappa shape index (κ1) is 20.2. The molecular weight excluding hydrogens is 260 g/mol. The summed E-state index contributed by atoms with van der Waals surface area (Å²) >= 11 is 0. The van der Waals surface area contributed by atoms with Gasteiger partial charge in [-0.25, -0.2) is 0 Å². The van der Waals surface area contributed by atoms with E-state index in [1.807, 2.05) is 13.8 Å². The van der Waals surface area contributed by atoms with Gasteiger partial charge in [0.25, 0.3) is 0 Å². The van der Waals surface area contributed by atoms with Gasteiger partial charge in [-0.15, -0.1) is 0 Å². The van der Waals surface area contributed by atoms with Crippen LogP contribution in [0.25, 0.3) is 0 Å². The van der Waals surface area contributed by atoms with Gasteiger partial charge in [-0.3, -0.25) is 0 Å². The third kappa shape index (κ3) is 8.94. The Morgan fingerprint density at radius 1 is 1.05 bits per heavy atom. The molecule has 1 rings (SSSR count). The van der Waals surface area contributed by atoms with E-state index in [0.717, 1.165) is 32.7 Å². The summed E-state index contributed by atoms with van der Waals surface area (Å²) < 4.78 is 5.08. The van der Waals surface area contributed by atoms with Gasteiger partial charge < -0.3 is 14.5 Å². The van der Waals surface area contributed by atoms with Crippen LogP contribution < -0.4 is 0 Å². The summed E-state index contributed by atoms with van der Waals surface area (Å²) in [6, 6.07) is 0. The Balaban J connectivity index is 0.00000191. The highest BCUT2D eigenvalue weighted by atomic mass is 16.5. The summed E-state index contributed by atoms with van der Waals surface area (Å²) in [4.78, 5) is 4.78. The molecule has 0 aliphatic heterocycles. The minimum absolute atomic E-state index is 0.857. The molecule has 0 saturated carbocycles. The normalized spacial score (nSPS) is 14.2. The van der Waals surface area contributed by atoms with Gasteiger partial charge in [-0.1, -0.05) is 32.4 Å². The van der Waals surface area contributed by atoms with Crippen molar-refractivity contribution in [3.05, 3.63) is 23.4 Å². The van der Waals surface area contributed by atoms with E-state index in [4.69, 9.17) is 4.74 Å². The molecule has 3 heteroatoms. The van der Waals surface area contributed by atoms with Crippen molar-refractivity contribution in [1.82, 2.24) is 9.80 Å². The minimum atomic E-state index is 0.857. The first-order valence-corrected chi connectivity index (χ1v) is 8.44. The van der Waals surface area contributed by atoms with Crippen molar-refractivity contribution in [3.63, 3.8) is 0 Å². The van der Waals surface area contributed by atoms with Gasteiger partial charge in [0.2, 0.25) is 0 Å². The molecule has 0 spiro atoms. The van der Waals surface area contributed by atoms with E-state index in [-0.39, 0.29) is 0 Å². The maximum Gasteiger partial charge on any atom is 0.0474 e. The quantitative estimate of drug-likeness (QED) is 0.600. The number of likely N-dealkylation sites (N-methyl/N-ethyl adjacent to an activating group) is 2. The van der Waals surface area contributed by atoms with E-state index in [2.05, 4.69) is 43.0 Å². The van der Waals surface area contributed by atoms with Crippen LogP contribution in [0.1, 0.15) is 46.5 Å². The van der Waals surface area contributed by atoms with Crippen LogP contribution in [0.15, 0.2) is 23.4 Å². The number of nitrogens with zero attached hydrogens (tertiary/aromatic N) is 2. The van der Waals surface area contributed by atoms with Gasteiger partial charge in [-0.2, -0.15) is 0 Å². The second-order valence-corrected chi connectivity index (χ2v) is 5.41. The van der Waals surface area contributed by atoms with Crippen LogP contribution in [0.5, 0.6) is 0 Å². The zero-order chi connectivity index (χ0) is 16.1. The van der Waals surface area contributed by atoms with Crippen molar-refractivity contribution in [2.75, 3.05) is 47.4 Å². The van der Waals surface area contributed by atoms with Crippen molar-refractivity contribution >= 4 is 0 Å². The molecule has 1 aliphatic carbocycles. The van der Waals surface area contributed by atoms with Crippen LogP contribution in [0.3, 0.4) is 0 Å². The van der Waals surface area contributed by atoms with Crippen LogP contribution >= 0.6 is 0 Å². The van der Waals surface area contributed by atoms with Gasteiger partial charge in [0.1, 0.15) is 0 Å². The van der Waals surface area contributed by atoms with Gasteiger partial charge >= 0.3 is 0 Å². The smallest absolute Gasteiger partial charge is 0.0474 e. The van der Waals surface area contributed by atoms with Crippen LogP contribution in [0.2, 0.25) is 0 Å². The van der Waals surface area contributed by atoms with Gasteiger partial charge in [0, 0.05) is 46.1 Å². The van der Waals surface area contributed by atoms with E-state index in [1.54, 1.807) is 12.7 Å². The fourth-order valence-electron chi connectivity index (χ4n) is 2.34. The van der Waals surface area contributed by atoms with Crippen molar-refractivity contribution in [2.45, 2.75) is 46.5 Å². The third-order valence-electron chi connectivity index (χ3n) is 3.86. The molecule has 3 nitrogen and oxygen atoms in total. The minimum Gasteiger partial charge on any atom is -0.385 e. The molecule has 0 saturated heterocycles. The number of allylic oxidation sites excluding steroid dienone is 4. The summed E-state index contributed by atoms with van der Waals surface area (Å²) in [5, 5.41) is 0. The average molecular weight is 296 g/mol. The first-order chi connectivity index (χ1) is 10.2. The van der Waals surface area contributed by atoms with Crippen molar-refractivity contribution in [3.8, 4) is 0 Å². The summed E-state index contributed by atoms with van der Waals surface area (Å²) in [5.74, 6) is 0. The monoisotopic (exact) mass is 296 g/mol. The SMILES string of the molecule is CC.CCC1=CC=C(N(C)CCN(C)CCCOC)CC1. The molecule has 1 aliphatic rings. The van der Waals surface area contributed by atoms with Gasteiger partial charge in [0.05, 0.1) is 0 Å². The Bertz CT molecular complexity index is 310. The first-order valence-electron chi connectivity index (χ1n) is 8.44. The molecule has 0 N–H and O–H groups in total. The molecule has 0 amide bonds. The molecule has 0 heterocycles. The standard InChI is InChI=1S/C16H30N2O.C2H6/c1-5-15-7-9-16(10-8-15)18(3)13-12-17(2)11-6-14-19-4;1-2/h7,9H,5-6,8,10-14H2,1-4H3;1-2H3. The molecule has 0 unspecified atom stereocenters. The second kappa shape index (κ2) is 12.9. The molecule has 0 aromatic heterocycles.